The fraction of sp³-hybridized carbons (Fsp3) is 0.250. The van der Waals surface area contributed by atoms with Crippen LogP contribution in [0.3, 0.4) is 0 Å². The molecule has 0 saturated heterocycles. The van der Waals surface area contributed by atoms with Gasteiger partial charge < -0.3 is 19.6 Å². The van der Waals surface area contributed by atoms with Gasteiger partial charge in [0.25, 0.3) is 0 Å². The van der Waals surface area contributed by atoms with Gasteiger partial charge in [0.1, 0.15) is 11.5 Å². The molecule has 0 amide bonds. The van der Waals surface area contributed by atoms with Crippen molar-refractivity contribution in [1.82, 2.24) is 4.98 Å². The molecule has 0 aliphatic heterocycles. The highest BCUT2D eigenvalue weighted by atomic mass is 35.5. The number of ether oxygens (including phenoxy) is 2. The molecule has 0 unspecified atom stereocenters. The number of carboxylic acid groups (broad SMARTS) is 1. The van der Waals surface area contributed by atoms with Gasteiger partial charge in [-0.25, -0.2) is 4.79 Å². The molecule has 1 aliphatic carbocycles. The molecule has 27 heavy (non-hydrogen) atoms. The van der Waals surface area contributed by atoms with Gasteiger partial charge in [0.2, 0.25) is 0 Å². The summed E-state index contributed by atoms with van der Waals surface area (Å²) in [7, 11) is 0. The summed E-state index contributed by atoms with van der Waals surface area (Å²) >= 11 is 12.5. The number of halogens is 2. The lowest BCUT2D eigenvalue weighted by Gasteiger charge is -2.12. The molecule has 0 radical (unpaired) electrons. The number of fused-ring (bicyclic) bond motifs is 1. The van der Waals surface area contributed by atoms with Crippen LogP contribution in [-0.2, 0) is 11.2 Å². The van der Waals surface area contributed by atoms with E-state index in [0.717, 1.165) is 23.2 Å². The fourth-order valence-electron chi connectivity index (χ4n) is 3.00. The fourth-order valence-corrected chi connectivity index (χ4v) is 3.55. The molecule has 3 aromatic rings. The number of carbonyl (C=O) groups is 1. The number of carboxylic acids is 1. The van der Waals surface area contributed by atoms with Crippen molar-refractivity contribution in [2.45, 2.75) is 19.3 Å². The second-order valence-electron chi connectivity index (χ2n) is 6.67. The van der Waals surface area contributed by atoms with E-state index in [9.17, 15) is 4.79 Å². The number of aromatic nitrogens is 1. The molecular formula is C20H17Cl2NO4. The minimum absolute atomic E-state index is 0.246. The maximum absolute atomic E-state index is 10.6. The summed E-state index contributed by atoms with van der Waals surface area (Å²) < 4.78 is 11.0. The number of benzene rings is 2. The minimum Gasteiger partial charge on any atom is -0.482 e. The van der Waals surface area contributed by atoms with E-state index < -0.39 is 12.6 Å². The van der Waals surface area contributed by atoms with Crippen LogP contribution in [0, 0.1) is 5.92 Å². The van der Waals surface area contributed by atoms with Crippen molar-refractivity contribution in [3.63, 3.8) is 0 Å². The lowest BCUT2D eigenvalue weighted by molar-refractivity contribution is -0.139. The van der Waals surface area contributed by atoms with Crippen molar-refractivity contribution in [3.8, 4) is 17.2 Å². The summed E-state index contributed by atoms with van der Waals surface area (Å²) in [5, 5.41) is 10.3. The highest BCUT2D eigenvalue weighted by Crippen LogP contribution is 2.41. The van der Waals surface area contributed by atoms with Gasteiger partial charge in [0.15, 0.2) is 12.4 Å². The van der Waals surface area contributed by atoms with Gasteiger partial charge in [-0.15, -0.1) is 0 Å². The van der Waals surface area contributed by atoms with E-state index in [0.29, 0.717) is 11.5 Å². The van der Waals surface area contributed by atoms with E-state index in [1.54, 1.807) is 0 Å². The maximum Gasteiger partial charge on any atom is 0.341 e. The Balaban J connectivity index is 1.58. The maximum atomic E-state index is 10.6. The standard InChI is InChI=1S/C20H17Cl2NO4/c21-16-7-14(26-10-19(24)25)8-17(22)20(16)27-13-3-4-18-15(6-13)12(9-23-18)5-11-1-2-11/h3-4,6-9,11,23H,1-2,5,10H2,(H,24,25). The molecule has 0 atom stereocenters. The van der Waals surface area contributed by atoms with Crippen LogP contribution >= 0.6 is 23.2 Å². The van der Waals surface area contributed by atoms with E-state index in [4.69, 9.17) is 37.8 Å². The van der Waals surface area contributed by atoms with Gasteiger partial charge in [-0.3, -0.25) is 0 Å². The van der Waals surface area contributed by atoms with Gasteiger partial charge in [-0.2, -0.15) is 0 Å². The molecule has 4 rings (SSSR count). The van der Waals surface area contributed by atoms with E-state index >= 15 is 0 Å². The normalized spacial score (nSPS) is 13.7. The van der Waals surface area contributed by atoms with Crippen LogP contribution < -0.4 is 9.47 Å². The zero-order valence-corrected chi connectivity index (χ0v) is 15.8. The number of H-pyrrole nitrogens is 1. The van der Waals surface area contributed by atoms with Crippen molar-refractivity contribution in [3.05, 3.63) is 52.1 Å². The van der Waals surface area contributed by atoms with Crippen LogP contribution in [0.2, 0.25) is 10.0 Å². The number of hydrogen-bond acceptors (Lipinski definition) is 3. The number of hydrogen-bond donors (Lipinski definition) is 2. The first-order valence-electron chi connectivity index (χ1n) is 8.61. The van der Waals surface area contributed by atoms with E-state index in [-0.39, 0.29) is 15.8 Å². The number of aliphatic carboxylic acids is 1. The molecule has 2 aromatic carbocycles. The van der Waals surface area contributed by atoms with E-state index in [2.05, 4.69) is 11.2 Å². The Bertz CT molecular complexity index is 987. The largest absolute Gasteiger partial charge is 0.482 e. The Morgan fingerprint density at radius 1 is 1.15 bits per heavy atom. The molecule has 1 aliphatic rings. The molecule has 5 nitrogen and oxygen atoms in total. The third-order valence-corrected chi connectivity index (χ3v) is 5.06. The van der Waals surface area contributed by atoms with Crippen LogP contribution in [0.1, 0.15) is 18.4 Å². The monoisotopic (exact) mass is 405 g/mol. The first-order chi connectivity index (χ1) is 13.0. The van der Waals surface area contributed by atoms with Crippen LogP contribution in [0.15, 0.2) is 36.5 Å². The lowest BCUT2D eigenvalue weighted by Crippen LogP contribution is -2.09. The van der Waals surface area contributed by atoms with Crippen LogP contribution in [0.5, 0.6) is 17.2 Å². The van der Waals surface area contributed by atoms with Crippen molar-refractivity contribution < 1.29 is 19.4 Å². The Morgan fingerprint density at radius 2 is 1.89 bits per heavy atom. The number of rotatable bonds is 7. The lowest BCUT2D eigenvalue weighted by atomic mass is 10.1. The second-order valence-corrected chi connectivity index (χ2v) is 7.48. The average Bonchev–Trinajstić information content (AvgIpc) is 3.36. The third kappa shape index (κ3) is 4.15. The molecule has 0 bridgehead atoms. The van der Waals surface area contributed by atoms with Gasteiger partial charge >= 0.3 is 5.97 Å². The summed E-state index contributed by atoms with van der Waals surface area (Å²) in [6, 6.07) is 8.76. The summed E-state index contributed by atoms with van der Waals surface area (Å²) in [6.07, 6.45) is 5.72. The molecule has 0 spiro atoms. The highest BCUT2D eigenvalue weighted by Gasteiger charge is 2.23. The van der Waals surface area contributed by atoms with Gasteiger partial charge in [0, 0.05) is 29.2 Å². The third-order valence-electron chi connectivity index (χ3n) is 4.50. The quantitative estimate of drug-likeness (QED) is 0.529. The Morgan fingerprint density at radius 3 is 2.56 bits per heavy atom. The minimum atomic E-state index is -1.08. The van der Waals surface area contributed by atoms with Crippen molar-refractivity contribution in [2.24, 2.45) is 5.92 Å². The molecule has 1 aromatic heterocycles. The summed E-state index contributed by atoms with van der Waals surface area (Å²) in [4.78, 5) is 13.9. The summed E-state index contributed by atoms with van der Waals surface area (Å²) in [5.74, 6) is 0.912. The zero-order valence-electron chi connectivity index (χ0n) is 14.3. The van der Waals surface area contributed by atoms with Crippen molar-refractivity contribution >= 4 is 40.1 Å². The summed E-state index contributed by atoms with van der Waals surface area (Å²) in [5.41, 5.74) is 2.35. The van der Waals surface area contributed by atoms with Crippen LogP contribution in [-0.4, -0.2) is 22.7 Å². The molecule has 1 saturated carbocycles. The topological polar surface area (TPSA) is 71.6 Å². The first kappa shape index (κ1) is 18.0. The number of nitrogens with one attached hydrogen (secondary N) is 1. The van der Waals surface area contributed by atoms with Gasteiger partial charge in [-0.05, 0) is 48.9 Å². The molecule has 7 heteroatoms. The molecule has 1 heterocycles. The van der Waals surface area contributed by atoms with E-state index in [1.807, 2.05) is 18.2 Å². The van der Waals surface area contributed by atoms with Gasteiger partial charge in [0.05, 0.1) is 10.0 Å². The number of aromatic amines is 1. The van der Waals surface area contributed by atoms with Gasteiger partial charge in [-0.1, -0.05) is 23.2 Å². The predicted molar refractivity (Wildman–Crippen MR) is 104 cm³/mol. The predicted octanol–water partition coefficient (Wildman–Crippen LogP) is 5.68. The molecule has 1 fully saturated rings. The molecule has 140 valence electrons. The van der Waals surface area contributed by atoms with Crippen molar-refractivity contribution in [2.75, 3.05) is 6.61 Å². The molecule has 2 N–H and O–H groups in total. The SMILES string of the molecule is O=C(O)COc1cc(Cl)c(Oc2ccc3[nH]cc(CC4CC4)c3c2)c(Cl)c1. The highest BCUT2D eigenvalue weighted by molar-refractivity contribution is 6.37. The average molecular weight is 406 g/mol. The zero-order chi connectivity index (χ0) is 19.0. The first-order valence-corrected chi connectivity index (χ1v) is 9.36. The van der Waals surface area contributed by atoms with Crippen molar-refractivity contribution in [1.29, 1.82) is 0 Å². The summed E-state index contributed by atoms with van der Waals surface area (Å²) in [6.45, 7) is -0.471. The smallest absolute Gasteiger partial charge is 0.341 e. The van der Waals surface area contributed by atoms with Crippen LogP contribution in [0.4, 0.5) is 0 Å². The van der Waals surface area contributed by atoms with E-state index in [1.165, 1.54) is 30.5 Å². The van der Waals surface area contributed by atoms with Crippen LogP contribution in [0.25, 0.3) is 10.9 Å². The molecular weight excluding hydrogens is 389 g/mol. The Kier molecular flexibility index (Phi) is 4.89. The second kappa shape index (κ2) is 7.33. The Hall–Kier alpha value is -2.37. The Labute approximate surface area is 165 Å².